The molecule has 0 aliphatic carbocycles. The first kappa shape index (κ1) is 23.2. The van der Waals surface area contributed by atoms with Gasteiger partial charge in [0.2, 0.25) is 5.91 Å². The average Bonchev–Trinajstić information content (AvgIpc) is 3.27. The SMILES string of the molecule is C[C@@H](NC(=O)OCc1ccccc1)C(=O)NCc1ccc(S(=O)(=O)N2CCOCC2)s1. The second-order valence-electron chi connectivity index (χ2n) is 6.88. The van der Waals surface area contributed by atoms with E-state index in [1.807, 2.05) is 30.3 Å². The summed E-state index contributed by atoms with van der Waals surface area (Å²) >= 11 is 1.11. The summed E-state index contributed by atoms with van der Waals surface area (Å²) in [7, 11) is -3.56. The molecular weight excluding hydrogens is 442 g/mol. The number of thiophene rings is 1. The van der Waals surface area contributed by atoms with Crippen LogP contribution in [0.3, 0.4) is 0 Å². The molecule has 0 radical (unpaired) electrons. The predicted molar refractivity (Wildman–Crippen MR) is 115 cm³/mol. The van der Waals surface area contributed by atoms with Crippen LogP contribution < -0.4 is 10.6 Å². The minimum absolute atomic E-state index is 0.108. The first-order chi connectivity index (χ1) is 14.9. The van der Waals surface area contributed by atoms with Crippen molar-refractivity contribution in [3.05, 3.63) is 52.9 Å². The van der Waals surface area contributed by atoms with Crippen LogP contribution in [0.25, 0.3) is 0 Å². The number of benzene rings is 1. The topological polar surface area (TPSA) is 114 Å². The second kappa shape index (κ2) is 10.7. The van der Waals surface area contributed by atoms with Crippen molar-refractivity contribution in [2.24, 2.45) is 0 Å². The van der Waals surface area contributed by atoms with Crippen LogP contribution in [0.1, 0.15) is 17.4 Å². The Kier molecular flexibility index (Phi) is 8.02. The Morgan fingerprint density at radius 3 is 2.58 bits per heavy atom. The van der Waals surface area contributed by atoms with E-state index in [0.29, 0.717) is 31.2 Å². The largest absolute Gasteiger partial charge is 0.445 e. The maximum atomic E-state index is 12.7. The standard InChI is InChI=1S/C20H25N3O6S2/c1-15(22-20(25)29-14-16-5-3-2-4-6-16)19(24)21-13-17-7-8-18(30-17)31(26,27)23-9-11-28-12-10-23/h2-8,15H,9-14H2,1H3,(H,21,24)(H,22,25)/t15-/m1/s1. The van der Waals surface area contributed by atoms with Crippen molar-refractivity contribution in [2.75, 3.05) is 26.3 Å². The number of ether oxygens (including phenoxy) is 2. The summed E-state index contributed by atoms with van der Waals surface area (Å²) in [6.45, 7) is 3.23. The molecule has 0 bridgehead atoms. The van der Waals surface area contributed by atoms with Gasteiger partial charge >= 0.3 is 6.09 Å². The molecule has 2 heterocycles. The van der Waals surface area contributed by atoms with E-state index >= 15 is 0 Å². The molecule has 9 nitrogen and oxygen atoms in total. The number of alkyl carbamates (subject to hydrolysis) is 1. The van der Waals surface area contributed by atoms with E-state index in [4.69, 9.17) is 9.47 Å². The first-order valence-electron chi connectivity index (χ1n) is 9.78. The molecule has 3 rings (SSSR count). The van der Waals surface area contributed by atoms with E-state index < -0.39 is 28.1 Å². The number of sulfonamides is 1. The maximum Gasteiger partial charge on any atom is 0.408 e. The van der Waals surface area contributed by atoms with Gasteiger partial charge in [-0.25, -0.2) is 13.2 Å². The molecule has 11 heteroatoms. The Bertz CT molecular complexity index is 987. The van der Waals surface area contributed by atoms with Gasteiger partial charge in [0, 0.05) is 18.0 Å². The highest BCUT2D eigenvalue weighted by Crippen LogP contribution is 2.25. The zero-order valence-corrected chi connectivity index (χ0v) is 18.7. The number of carbonyl (C=O) groups excluding carboxylic acids is 2. The number of amides is 2. The minimum atomic E-state index is -3.56. The highest BCUT2D eigenvalue weighted by Gasteiger charge is 2.27. The number of morpholine rings is 1. The molecule has 1 saturated heterocycles. The summed E-state index contributed by atoms with van der Waals surface area (Å²) < 4.78 is 37.3. The molecule has 1 atom stereocenters. The molecule has 1 aliphatic heterocycles. The van der Waals surface area contributed by atoms with E-state index in [-0.39, 0.29) is 17.4 Å². The lowest BCUT2D eigenvalue weighted by Crippen LogP contribution is -2.44. The third kappa shape index (κ3) is 6.50. The number of rotatable bonds is 8. The second-order valence-corrected chi connectivity index (χ2v) is 10.2. The van der Waals surface area contributed by atoms with Crippen molar-refractivity contribution in [1.29, 1.82) is 0 Å². The lowest BCUT2D eigenvalue weighted by atomic mass is 10.2. The van der Waals surface area contributed by atoms with Crippen LogP contribution >= 0.6 is 11.3 Å². The van der Waals surface area contributed by atoms with Crippen LogP contribution in [0, 0.1) is 0 Å². The lowest BCUT2D eigenvalue weighted by molar-refractivity contribution is -0.122. The third-order valence-corrected chi connectivity index (χ3v) is 8.03. The number of hydrogen-bond donors (Lipinski definition) is 2. The van der Waals surface area contributed by atoms with Crippen molar-refractivity contribution in [3.63, 3.8) is 0 Å². The smallest absolute Gasteiger partial charge is 0.408 e. The molecule has 1 aliphatic rings. The fourth-order valence-corrected chi connectivity index (χ4v) is 5.70. The van der Waals surface area contributed by atoms with Crippen LogP contribution in [-0.4, -0.2) is 57.1 Å². The van der Waals surface area contributed by atoms with Crippen molar-refractivity contribution < 1.29 is 27.5 Å². The molecule has 1 aromatic heterocycles. The highest BCUT2D eigenvalue weighted by atomic mass is 32.2. The molecular formula is C20H25N3O6S2. The van der Waals surface area contributed by atoms with Gasteiger partial charge in [-0.15, -0.1) is 11.3 Å². The van der Waals surface area contributed by atoms with Gasteiger partial charge < -0.3 is 20.1 Å². The van der Waals surface area contributed by atoms with Crippen LogP contribution in [0.15, 0.2) is 46.7 Å². The minimum Gasteiger partial charge on any atom is -0.445 e. The quantitative estimate of drug-likeness (QED) is 0.611. The third-order valence-electron chi connectivity index (χ3n) is 4.58. The van der Waals surface area contributed by atoms with Gasteiger partial charge in [-0.1, -0.05) is 30.3 Å². The van der Waals surface area contributed by atoms with E-state index in [0.717, 1.165) is 16.9 Å². The summed E-state index contributed by atoms with van der Waals surface area (Å²) in [6.07, 6.45) is -0.693. The van der Waals surface area contributed by atoms with Gasteiger partial charge in [-0.05, 0) is 24.6 Å². The molecule has 168 valence electrons. The number of carbonyl (C=O) groups is 2. The maximum absolute atomic E-state index is 12.7. The summed E-state index contributed by atoms with van der Waals surface area (Å²) in [6, 6.07) is 11.6. The molecule has 2 amide bonds. The zero-order valence-electron chi connectivity index (χ0n) is 17.1. The van der Waals surface area contributed by atoms with Crippen LogP contribution in [-0.2, 0) is 37.4 Å². The molecule has 1 fully saturated rings. The van der Waals surface area contributed by atoms with Gasteiger partial charge in [0.15, 0.2) is 0 Å². The van der Waals surface area contributed by atoms with Crippen molar-refractivity contribution in [2.45, 2.75) is 30.3 Å². The normalized spacial score (nSPS) is 15.8. The first-order valence-corrected chi connectivity index (χ1v) is 12.0. The van der Waals surface area contributed by atoms with Crippen molar-refractivity contribution >= 4 is 33.4 Å². The molecule has 2 aromatic rings. The molecule has 1 aromatic carbocycles. The van der Waals surface area contributed by atoms with E-state index in [9.17, 15) is 18.0 Å². The average molecular weight is 468 g/mol. The fraction of sp³-hybridized carbons (Fsp3) is 0.400. The number of hydrogen-bond acceptors (Lipinski definition) is 7. The van der Waals surface area contributed by atoms with Gasteiger partial charge in [0.05, 0.1) is 19.8 Å². The van der Waals surface area contributed by atoms with Gasteiger partial charge in [-0.3, -0.25) is 4.79 Å². The summed E-state index contributed by atoms with van der Waals surface area (Å²) in [4.78, 5) is 24.8. The Hall–Kier alpha value is -2.47. The Balaban J connectivity index is 1.45. The zero-order chi connectivity index (χ0) is 22.3. The van der Waals surface area contributed by atoms with Gasteiger partial charge in [0.25, 0.3) is 10.0 Å². The molecule has 2 N–H and O–H groups in total. The predicted octanol–water partition coefficient (Wildman–Crippen LogP) is 1.70. The van der Waals surface area contributed by atoms with E-state index in [2.05, 4.69) is 10.6 Å². The van der Waals surface area contributed by atoms with Crippen LogP contribution in [0.5, 0.6) is 0 Å². The van der Waals surface area contributed by atoms with Crippen LogP contribution in [0.2, 0.25) is 0 Å². The van der Waals surface area contributed by atoms with Gasteiger partial charge in [0.1, 0.15) is 16.9 Å². The summed E-state index contributed by atoms with van der Waals surface area (Å²) in [5, 5.41) is 5.17. The van der Waals surface area contributed by atoms with E-state index in [1.54, 1.807) is 19.1 Å². The van der Waals surface area contributed by atoms with Gasteiger partial charge in [-0.2, -0.15) is 4.31 Å². The summed E-state index contributed by atoms with van der Waals surface area (Å²) in [5.41, 5.74) is 0.843. The highest BCUT2D eigenvalue weighted by molar-refractivity contribution is 7.91. The van der Waals surface area contributed by atoms with Crippen molar-refractivity contribution in [1.82, 2.24) is 14.9 Å². The number of nitrogens with zero attached hydrogens (tertiary/aromatic N) is 1. The summed E-state index contributed by atoms with van der Waals surface area (Å²) in [5.74, 6) is -0.400. The Morgan fingerprint density at radius 2 is 1.87 bits per heavy atom. The Labute approximate surface area is 185 Å². The van der Waals surface area contributed by atoms with Crippen LogP contribution in [0.4, 0.5) is 4.79 Å². The molecule has 0 unspecified atom stereocenters. The lowest BCUT2D eigenvalue weighted by Gasteiger charge is -2.25. The fourth-order valence-electron chi connectivity index (χ4n) is 2.84. The van der Waals surface area contributed by atoms with Crippen molar-refractivity contribution in [3.8, 4) is 0 Å². The monoisotopic (exact) mass is 467 g/mol. The Morgan fingerprint density at radius 1 is 1.16 bits per heavy atom. The van der Waals surface area contributed by atoms with E-state index in [1.165, 1.54) is 4.31 Å². The molecule has 31 heavy (non-hydrogen) atoms. The number of nitrogens with one attached hydrogen (secondary N) is 2. The molecule has 0 saturated carbocycles. The molecule has 0 spiro atoms.